The minimum absolute atomic E-state index is 0.0682. The summed E-state index contributed by atoms with van der Waals surface area (Å²) in [5.74, 6) is -0.813. The van der Waals surface area contributed by atoms with Gasteiger partial charge in [0.2, 0.25) is 21.8 Å². The van der Waals surface area contributed by atoms with E-state index in [1.807, 2.05) is 51.1 Å². The summed E-state index contributed by atoms with van der Waals surface area (Å²) in [6, 6.07) is 14.0. The summed E-state index contributed by atoms with van der Waals surface area (Å²) >= 11 is 0. The largest absolute Gasteiger partial charge is 0.350 e. The lowest BCUT2D eigenvalue weighted by molar-refractivity contribution is -0.129. The molecule has 0 spiro atoms. The minimum Gasteiger partial charge on any atom is -0.350 e. The van der Waals surface area contributed by atoms with Crippen molar-refractivity contribution < 1.29 is 18.0 Å². The zero-order valence-corrected chi connectivity index (χ0v) is 19.2. The van der Waals surface area contributed by atoms with E-state index in [1.54, 1.807) is 19.1 Å². The number of rotatable bonds is 10. The number of amides is 2. The van der Waals surface area contributed by atoms with Crippen molar-refractivity contribution in [3.05, 3.63) is 65.7 Å². The van der Waals surface area contributed by atoms with Crippen LogP contribution in [0.2, 0.25) is 0 Å². The average molecular weight is 446 g/mol. The number of nitrogens with one attached hydrogen (secondary N) is 3. The predicted octanol–water partition coefficient (Wildman–Crippen LogP) is 2.51. The highest BCUT2D eigenvalue weighted by Crippen LogP contribution is 2.13. The van der Waals surface area contributed by atoms with Crippen molar-refractivity contribution in [1.82, 2.24) is 15.4 Å². The normalized spacial score (nSPS) is 13.5. The van der Waals surface area contributed by atoms with E-state index in [4.69, 9.17) is 0 Å². The fraction of sp³-hybridized carbons (Fsp3) is 0.391. The molecule has 168 valence electrons. The fourth-order valence-electron chi connectivity index (χ4n) is 2.97. The van der Waals surface area contributed by atoms with Crippen molar-refractivity contribution in [2.75, 3.05) is 0 Å². The molecule has 8 heteroatoms. The van der Waals surface area contributed by atoms with Crippen molar-refractivity contribution in [1.29, 1.82) is 0 Å². The van der Waals surface area contributed by atoms with E-state index in [9.17, 15) is 18.0 Å². The molecule has 0 aromatic heterocycles. The molecule has 0 aliphatic rings. The molecule has 3 N–H and O–H groups in total. The molecule has 0 fully saturated rings. The van der Waals surface area contributed by atoms with E-state index in [-0.39, 0.29) is 16.7 Å². The number of aryl methyl sites for hydroxylation is 1. The molecule has 2 rings (SSSR count). The maximum Gasteiger partial charge on any atom is 0.242 e. The van der Waals surface area contributed by atoms with Crippen molar-refractivity contribution in [2.45, 2.75) is 57.6 Å². The maximum atomic E-state index is 12.8. The van der Waals surface area contributed by atoms with E-state index in [1.165, 1.54) is 12.1 Å². The second-order valence-electron chi connectivity index (χ2n) is 8.05. The number of carbonyl (C=O) groups excluding carboxylic acids is 2. The topological polar surface area (TPSA) is 104 Å². The number of carbonyl (C=O) groups is 2. The van der Waals surface area contributed by atoms with Crippen LogP contribution in [-0.2, 0) is 26.2 Å². The Morgan fingerprint density at radius 2 is 1.52 bits per heavy atom. The van der Waals surface area contributed by atoms with Gasteiger partial charge in [-0.05, 0) is 43.9 Å². The van der Waals surface area contributed by atoms with Crippen LogP contribution >= 0.6 is 0 Å². The Bertz CT molecular complexity index is 974. The molecule has 0 saturated heterocycles. The Morgan fingerprint density at radius 1 is 0.903 bits per heavy atom. The number of hydrogen-bond acceptors (Lipinski definition) is 4. The molecule has 2 atom stereocenters. The first kappa shape index (κ1) is 24.6. The number of benzene rings is 2. The van der Waals surface area contributed by atoms with Gasteiger partial charge in [0, 0.05) is 6.54 Å². The molecular weight excluding hydrogens is 414 g/mol. The first-order chi connectivity index (χ1) is 14.6. The lowest BCUT2D eigenvalue weighted by Crippen LogP contribution is -2.52. The summed E-state index contributed by atoms with van der Waals surface area (Å²) in [5, 5.41) is 5.40. The third-order valence-corrected chi connectivity index (χ3v) is 6.20. The van der Waals surface area contributed by atoms with Gasteiger partial charge in [0.1, 0.15) is 12.1 Å². The van der Waals surface area contributed by atoms with Crippen LogP contribution in [0, 0.1) is 12.8 Å². The van der Waals surface area contributed by atoms with Gasteiger partial charge >= 0.3 is 0 Å². The monoisotopic (exact) mass is 445 g/mol. The maximum absolute atomic E-state index is 12.8. The average Bonchev–Trinajstić information content (AvgIpc) is 2.72. The first-order valence-electron chi connectivity index (χ1n) is 10.3. The van der Waals surface area contributed by atoms with Crippen LogP contribution in [0.5, 0.6) is 0 Å². The molecule has 2 amide bonds. The van der Waals surface area contributed by atoms with E-state index < -0.39 is 28.0 Å². The Hall–Kier alpha value is -2.71. The molecule has 2 aromatic rings. The molecule has 0 heterocycles. The predicted molar refractivity (Wildman–Crippen MR) is 121 cm³/mol. The summed E-state index contributed by atoms with van der Waals surface area (Å²) < 4.78 is 28.0. The van der Waals surface area contributed by atoms with Crippen molar-refractivity contribution in [3.8, 4) is 0 Å². The minimum atomic E-state index is -3.88. The molecule has 0 bridgehead atoms. The van der Waals surface area contributed by atoms with Gasteiger partial charge in [-0.3, -0.25) is 9.59 Å². The summed E-state index contributed by atoms with van der Waals surface area (Å²) in [7, 11) is -3.88. The van der Waals surface area contributed by atoms with Crippen molar-refractivity contribution >= 4 is 21.8 Å². The van der Waals surface area contributed by atoms with Gasteiger partial charge in [-0.25, -0.2) is 8.42 Å². The van der Waals surface area contributed by atoms with Crippen LogP contribution in [0.3, 0.4) is 0 Å². The van der Waals surface area contributed by atoms with Crippen LogP contribution in [0.1, 0.15) is 38.3 Å². The van der Waals surface area contributed by atoms with Gasteiger partial charge in [0.15, 0.2) is 0 Å². The molecule has 2 aromatic carbocycles. The van der Waals surface area contributed by atoms with Crippen LogP contribution < -0.4 is 15.4 Å². The van der Waals surface area contributed by atoms with Gasteiger partial charge in [0.05, 0.1) is 4.90 Å². The quantitative estimate of drug-likeness (QED) is 0.523. The standard InChI is InChI=1S/C23H31N3O4S/c1-16(2)14-21(26-31(29,30)20-12-10-17(3)11-13-20)23(28)25-18(4)22(27)24-15-19-8-6-5-7-9-19/h5-13,16,18,21,26H,14-15H2,1-4H3,(H,24,27)(H,25,28). The van der Waals surface area contributed by atoms with Gasteiger partial charge < -0.3 is 10.6 Å². The van der Waals surface area contributed by atoms with E-state index in [2.05, 4.69) is 15.4 Å². The summed E-state index contributed by atoms with van der Waals surface area (Å²) in [6.07, 6.45) is 0.301. The smallest absolute Gasteiger partial charge is 0.242 e. The van der Waals surface area contributed by atoms with Crippen LogP contribution in [-0.4, -0.2) is 32.3 Å². The van der Waals surface area contributed by atoms with Crippen LogP contribution in [0.25, 0.3) is 0 Å². The SMILES string of the molecule is Cc1ccc(S(=O)(=O)NC(CC(C)C)C(=O)NC(C)C(=O)NCc2ccccc2)cc1. The highest BCUT2D eigenvalue weighted by atomic mass is 32.2. The number of sulfonamides is 1. The summed E-state index contributed by atoms with van der Waals surface area (Å²) in [4.78, 5) is 25.3. The Labute approximate surface area is 184 Å². The van der Waals surface area contributed by atoms with Gasteiger partial charge in [-0.1, -0.05) is 61.9 Å². The molecule has 2 unspecified atom stereocenters. The lowest BCUT2D eigenvalue weighted by atomic mass is 10.0. The van der Waals surface area contributed by atoms with Gasteiger partial charge in [0.25, 0.3) is 0 Å². The fourth-order valence-corrected chi connectivity index (χ4v) is 4.18. The van der Waals surface area contributed by atoms with Gasteiger partial charge in [-0.2, -0.15) is 4.72 Å². The first-order valence-corrected chi connectivity index (χ1v) is 11.8. The lowest BCUT2D eigenvalue weighted by Gasteiger charge is -2.22. The zero-order valence-electron chi connectivity index (χ0n) is 18.4. The van der Waals surface area contributed by atoms with Crippen molar-refractivity contribution in [3.63, 3.8) is 0 Å². The number of hydrogen-bond donors (Lipinski definition) is 3. The van der Waals surface area contributed by atoms with Crippen LogP contribution in [0.15, 0.2) is 59.5 Å². The molecule has 0 aliphatic heterocycles. The molecule has 0 aliphatic carbocycles. The second kappa shape index (κ2) is 11.1. The Balaban J connectivity index is 2.02. The van der Waals surface area contributed by atoms with Crippen LogP contribution in [0.4, 0.5) is 0 Å². The third kappa shape index (κ3) is 7.80. The second-order valence-corrected chi connectivity index (χ2v) is 9.76. The Kier molecular flexibility index (Phi) is 8.76. The molecule has 0 saturated carbocycles. The highest BCUT2D eigenvalue weighted by Gasteiger charge is 2.28. The molecular formula is C23H31N3O4S. The summed E-state index contributed by atoms with van der Waals surface area (Å²) in [5.41, 5.74) is 1.88. The van der Waals surface area contributed by atoms with E-state index in [0.717, 1.165) is 11.1 Å². The Morgan fingerprint density at radius 3 is 2.10 bits per heavy atom. The zero-order chi connectivity index (χ0) is 23.0. The van der Waals surface area contributed by atoms with Crippen molar-refractivity contribution in [2.24, 2.45) is 5.92 Å². The van der Waals surface area contributed by atoms with E-state index >= 15 is 0 Å². The summed E-state index contributed by atoms with van der Waals surface area (Å²) in [6.45, 7) is 7.57. The molecule has 31 heavy (non-hydrogen) atoms. The van der Waals surface area contributed by atoms with E-state index in [0.29, 0.717) is 13.0 Å². The van der Waals surface area contributed by atoms with Gasteiger partial charge in [-0.15, -0.1) is 0 Å². The molecule has 7 nitrogen and oxygen atoms in total. The molecule has 0 radical (unpaired) electrons. The highest BCUT2D eigenvalue weighted by molar-refractivity contribution is 7.89. The third-order valence-electron chi connectivity index (χ3n) is 4.71.